The highest BCUT2D eigenvalue weighted by Crippen LogP contribution is 2.23. The molecule has 0 atom stereocenters. The van der Waals surface area contributed by atoms with E-state index in [0.29, 0.717) is 18.3 Å². The van der Waals surface area contributed by atoms with Crippen LogP contribution in [0.5, 0.6) is 0 Å². The van der Waals surface area contributed by atoms with E-state index in [-0.39, 0.29) is 0 Å². The van der Waals surface area contributed by atoms with Crippen molar-refractivity contribution in [3.63, 3.8) is 0 Å². The van der Waals surface area contributed by atoms with Gasteiger partial charge >= 0.3 is 0 Å². The molecule has 0 radical (unpaired) electrons. The average Bonchev–Trinajstić information content (AvgIpc) is 2.32. The highest BCUT2D eigenvalue weighted by atomic mass is 16.5. The molecule has 1 aliphatic carbocycles. The Bertz CT molecular complexity index is 135. The summed E-state index contributed by atoms with van der Waals surface area (Å²) in [4.78, 5) is 11.4. The summed E-state index contributed by atoms with van der Waals surface area (Å²) in [5.74, 6) is 0.604. The van der Waals surface area contributed by atoms with Crippen molar-refractivity contribution in [2.24, 2.45) is 5.92 Å². The van der Waals surface area contributed by atoms with E-state index in [2.05, 4.69) is 0 Å². The number of rotatable bonds is 3. The number of carbonyl (C=O) groups is 1. The Morgan fingerprint density at radius 3 is 2.33 bits per heavy atom. The van der Waals surface area contributed by atoms with Gasteiger partial charge in [-0.2, -0.15) is 0 Å². The van der Waals surface area contributed by atoms with Crippen LogP contribution in [0.25, 0.3) is 0 Å². The van der Waals surface area contributed by atoms with Crippen LogP contribution in [0.15, 0.2) is 0 Å². The van der Waals surface area contributed by atoms with Crippen LogP contribution in [-0.2, 0) is 9.53 Å². The zero-order valence-electron chi connectivity index (χ0n) is 7.84. The van der Waals surface area contributed by atoms with E-state index in [1.807, 2.05) is 0 Å². The van der Waals surface area contributed by atoms with Gasteiger partial charge in [-0.15, -0.1) is 0 Å². The fraction of sp³-hybridized carbons (Fsp3) is 0.900. The van der Waals surface area contributed by atoms with E-state index >= 15 is 0 Å². The Kier molecular flexibility index (Phi) is 4.30. The van der Waals surface area contributed by atoms with Gasteiger partial charge in [0.1, 0.15) is 6.61 Å². The summed E-state index contributed by atoms with van der Waals surface area (Å²) in [6.07, 6.45) is 7.22. The first kappa shape index (κ1) is 9.72. The van der Waals surface area contributed by atoms with Crippen LogP contribution >= 0.6 is 0 Å². The molecule has 1 aliphatic rings. The van der Waals surface area contributed by atoms with Gasteiger partial charge in [-0.1, -0.05) is 25.7 Å². The molecule has 2 nitrogen and oxygen atoms in total. The fourth-order valence-electron chi connectivity index (χ4n) is 1.86. The van der Waals surface area contributed by atoms with E-state index in [1.54, 1.807) is 7.11 Å². The van der Waals surface area contributed by atoms with E-state index in [1.165, 1.54) is 25.7 Å². The van der Waals surface area contributed by atoms with Gasteiger partial charge < -0.3 is 4.74 Å². The van der Waals surface area contributed by atoms with Crippen LogP contribution in [0.3, 0.4) is 0 Å². The molecule has 70 valence electrons. The predicted molar refractivity (Wildman–Crippen MR) is 48.1 cm³/mol. The molecule has 0 bridgehead atoms. The monoisotopic (exact) mass is 170 g/mol. The summed E-state index contributed by atoms with van der Waals surface area (Å²) < 4.78 is 4.85. The minimum absolute atomic E-state index is 0.299. The summed E-state index contributed by atoms with van der Waals surface area (Å²) in [5, 5.41) is 0. The number of Topliss-reactive ketones (excluding diaryl/α,β-unsaturated/α-hetero) is 1. The molecule has 1 fully saturated rings. The summed E-state index contributed by atoms with van der Waals surface area (Å²) in [6, 6.07) is 0. The fourth-order valence-corrected chi connectivity index (χ4v) is 1.86. The molecular formula is C10H18O2. The minimum atomic E-state index is 0.299. The van der Waals surface area contributed by atoms with Crippen LogP contribution < -0.4 is 0 Å². The molecule has 0 spiro atoms. The van der Waals surface area contributed by atoms with Gasteiger partial charge in [0.05, 0.1) is 0 Å². The lowest BCUT2D eigenvalue weighted by Crippen LogP contribution is -2.18. The van der Waals surface area contributed by atoms with Gasteiger partial charge in [0.25, 0.3) is 0 Å². The van der Waals surface area contributed by atoms with E-state index in [4.69, 9.17) is 4.74 Å². The van der Waals surface area contributed by atoms with Crippen molar-refractivity contribution < 1.29 is 9.53 Å². The molecule has 0 aromatic heterocycles. The quantitative estimate of drug-likeness (QED) is 0.607. The molecule has 1 saturated carbocycles. The number of carbonyl (C=O) groups excluding carboxylic acids is 1. The third kappa shape index (κ3) is 2.94. The molecule has 2 heteroatoms. The van der Waals surface area contributed by atoms with Crippen LogP contribution in [0, 0.1) is 5.92 Å². The first-order valence-corrected chi connectivity index (χ1v) is 4.86. The SMILES string of the molecule is COCC(=O)C1CCCCCC1. The molecule has 0 saturated heterocycles. The highest BCUT2D eigenvalue weighted by Gasteiger charge is 2.19. The lowest BCUT2D eigenvalue weighted by atomic mass is 9.96. The van der Waals surface area contributed by atoms with Crippen molar-refractivity contribution in [1.29, 1.82) is 0 Å². The molecule has 0 aromatic rings. The Labute approximate surface area is 74.3 Å². The Balaban J connectivity index is 2.32. The average molecular weight is 170 g/mol. The third-order valence-electron chi connectivity index (χ3n) is 2.60. The highest BCUT2D eigenvalue weighted by molar-refractivity contribution is 5.82. The van der Waals surface area contributed by atoms with E-state index < -0.39 is 0 Å². The normalized spacial score (nSPS) is 20.4. The van der Waals surface area contributed by atoms with Crippen LogP contribution in [0.2, 0.25) is 0 Å². The molecule has 0 amide bonds. The summed E-state index contributed by atoms with van der Waals surface area (Å²) in [6.45, 7) is 0.310. The van der Waals surface area contributed by atoms with E-state index in [0.717, 1.165) is 12.8 Å². The third-order valence-corrected chi connectivity index (χ3v) is 2.60. The maximum Gasteiger partial charge on any atom is 0.161 e. The topological polar surface area (TPSA) is 26.3 Å². The molecule has 12 heavy (non-hydrogen) atoms. The lowest BCUT2D eigenvalue weighted by molar-refractivity contribution is -0.126. The van der Waals surface area contributed by atoms with Crippen LogP contribution in [0.1, 0.15) is 38.5 Å². The Hall–Kier alpha value is -0.370. The Morgan fingerprint density at radius 1 is 1.25 bits per heavy atom. The zero-order valence-corrected chi connectivity index (χ0v) is 7.84. The van der Waals surface area contributed by atoms with E-state index in [9.17, 15) is 4.79 Å². The minimum Gasteiger partial charge on any atom is -0.377 e. The molecule has 0 N–H and O–H groups in total. The second-order valence-corrected chi connectivity index (χ2v) is 3.59. The van der Waals surface area contributed by atoms with Gasteiger partial charge in [-0.05, 0) is 12.8 Å². The molecule has 0 heterocycles. The summed E-state index contributed by atoms with van der Waals surface area (Å²) >= 11 is 0. The van der Waals surface area contributed by atoms with Crippen molar-refractivity contribution in [2.45, 2.75) is 38.5 Å². The first-order valence-electron chi connectivity index (χ1n) is 4.86. The number of methoxy groups -OCH3 is 1. The predicted octanol–water partition coefficient (Wildman–Crippen LogP) is 2.17. The number of hydrogen-bond acceptors (Lipinski definition) is 2. The molecule has 0 aliphatic heterocycles. The van der Waals surface area contributed by atoms with Crippen LogP contribution in [-0.4, -0.2) is 19.5 Å². The van der Waals surface area contributed by atoms with Crippen molar-refractivity contribution in [3.05, 3.63) is 0 Å². The van der Waals surface area contributed by atoms with Crippen LogP contribution in [0.4, 0.5) is 0 Å². The standard InChI is InChI=1S/C10H18O2/c1-12-8-10(11)9-6-4-2-3-5-7-9/h9H,2-8H2,1H3. The maximum atomic E-state index is 11.4. The maximum absolute atomic E-state index is 11.4. The summed E-state index contributed by atoms with van der Waals surface area (Å²) in [5.41, 5.74) is 0. The first-order chi connectivity index (χ1) is 5.84. The smallest absolute Gasteiger partial charge is 0.161 e. The lowest BCUT2D eigenvalue weighted by Gasteiger charge is -2.10. The van der Waals surface area contributed by atoms with Gasteiger partial charge in [0.15, 0.2) is 5.78 Å². The number of hydrogen-bond donors (Lipinski definition) is 0. The molecule has 0 aromatic carbocycles. The second kappa shape index (κ2) is 5.31. The molecular weight excluding hydrogens is 152 g/mol. The van der Waals surface area contributed by atoms with Crippen molar-refractivity contribution in [2.75, 3.05) is 13.7 Å². The van der Waals surface area contributed by atoms with Gasteiger partial charge in [-0.25, -0.2) is 0 Å². The second-order valence-electron chi connectivity index (χ2n) is 3.59. The zero-order chi connectivity index (χ0) is 8.81. The van der Waals surface area contributed by atoms with Crippen molar-refractivity contribution >= 4 is 5.78 Å². The largest absolute Gasteiger partial charge is 0.377 e. The van der Waals surface area contributed by atoms with Crippen molar-refractivity contribution in [1.82, 2.24) is 0 Å². The number of ether oxygens (including phenoxy) is 1. The number of ketones is 1. The van der Waals surface area contributed by atoms with Crippen molar-refractivity contribution in [3.8, 4) is 0 Å². The molecule has 1 rings (SSSR count). The summed E-state index contributed by atoms with van der Waals surface area (Å²) in [7, 11) is 1.59. The van der Waals surface area contributed by atoms with Gasteiger partial charge in [0, 0.05) is 13.0 Å². The molecule has 0 unspecified atom stereocenters. The van der Waals surface area contributed by atoms with Gasteiger partial charge in [0.2, 0.25) is 0 Å². The Morgan fingerprint density at radius 2 is 1.83 bits per heavy atom. The van der Waals surface area contributed by atoms with Gasteiger partial charge in [-0.3, -0.25) is 4.79 Å².